The van der Waals surface area contributed by atoms with Gasteiger partial charge in [-0.25, -0.2) is 0 Å². The predicted octanol–water partition coefficient (Wildman–Crippen LogP) is 4.84. The van der Waals surface area contributed by atoms with Crippen LogP contribution in [0.1, 0.15) is 11.3 Å². The molecule has 0 radical (unpaired) electrons. The number of hydrogen-bond donors (Lipinski definition) is 0. The van der Waals surface area contributed by atoms with Gasteiger partial charge in [-0.05, 0) is 29.8 Å². The van der Waals surface area contributed by atoms with Crippen molar-refractivity contribution in [1.29, 1.82) is 5.26 Å². The van der Waals surface area contributed by atoms with Crippen LogP contribution >= 0.6 is 0 Å². The van der Waals surface area contributed by atoms with Crippen LogP contribution in [0, 0.1) is 31.6 Å². The summed E-state index contributed by atoms with van der Waals surface area (Å²) < 4.78 is 10.9. The first-order valence-corrected chi connectivity index (χ1v) is 8.22. The Morgan fingerprint density at radius 1 is 1.07 bits per heavy atom. The first-order valence-electron chi connectivity index (χ1n) is 8.22. The molecule has 0 unspecified atom stereocenters. The Hall–Kier alpha value is -4.45. The maximum Gasteiger partial charge on any atom is 0.273 e. The zero-order chi connectivity index (χ0) is 21.0. The number of non-ortho nitro benzene ring substituents is 2. The number of hydrogen-bond acceptors (Lipinski definition) is 7. The van der Waals surface area contributed by atoms with Crippen molar-refractivity contribution in [3.8, 4) is 23.1 Å². The standard InChI is InChI=1S/C20H13N3O6/c1-28-20-11-16(23(26)27)5-7-18(20)19-8-6-17(29-19)10-14(12-21)13-3-2-4-15(9-13)22(24)25/h2-11H,1H3. The number of nitro benzene ring substituents is 2. The zero-order valence-electron chi connectivity index (χ0n) is 15.1. The molecule has 9 nitrogen and oxygen atoms in total. The Kier molecular flexibility index (Phi) is 5.37. The molecule has 0 saturated carbocycles. The van der Waals surface area contributed by atoms with E-state index in [1.807, 2.05) is 6.07 Å². The second-order valence-corrected chi connectivity index (χ2v) is 5.82. The minimum absolute atomic E-state index is 0.116. The monoisotopic (exact) mass is 391 g/mol. The number of nitro groups is 2. The molecule has 2 aromatic carbocycles. The molecule has 0 amide bonds. The van der Waals surface area contributed by atoms with Crippen molar-refractivity contribution in [3.63, 3.8) is 0 Å². The van der Waals surface area contributed by atoms with Gasteiger partial charge in [0, 0.05) is 18.2 Å². The van der Waals surface area contributed by atoms with E-state index in [0.29, 0.717) is 22.6 Å². The molecule has 0 aliphatic rings. The van der Waals surface area contributed by atoms with Crippen LogP contribution < -0.4 is 4.74 Å². The van der Waals surface area contributed by atoms with Gasteiger partial charge in [0.1, 0.15) is 17.3 Å². The van der Waals surface area contributed by atoms with Crippen LogP contribution in [-0.2, 0) is 0 Å². The molecule has 0 atom stereocenters. The summed E-state index contributed by atoms with van der Waals surface area (Å²) in [4.78, 5) is 20.8. The van der Waals surface area contributed by atoms with Crippen molar-refractivity contribution < 1.29 is 19.0 Å². The molecular weight excluding hydrogens is 378 g/mol. The van der Waals surface area contributed by atoms with E-state index < -0.39 is 9.85 Å². The van der Waals surface area contributed by atoms with Gasteiger partial charge in [0.25, 0.3) is 11.4 Å². The van der Waals surface area contributed by atoms with Crippen LogP contribution in [0.3, 0.4) is 0 Å². The van der Waals surface area contributed by atoms with E-state index in [9.17, 15) is 25.5 Å². The highest BCUT2D eigenvalue weighted by molar-refractivity contribution is 5.89. The maximum atomic E-state index is 10.9. The average molecular weight is 391 g/mol. The summed E-state index contributed by atoms with van der Waals surface area (Å²) in [5.74, 6) is 0.992. The fraction of sp³-hybridized carbons (Fsp3) is 0.0500. The van der Waals surface area contributed by atoms with E-state index in [1.165, 1.54) is 49.6 Å². The molecule has 0 fully saturated rings. The Labute approximate surface area is 164 Å². The minimum Gasteiger partial charge on any atom is -0.496 e. The summed E-state index contributed by atoms with van der Waals surface area (Å²) in [5, 5.41) is 31.3. The lowest BCUT2D eigenvalue weighted by atomic mass is 10.1. The number of furan rings is 1. The number of nitriles is 1. The highest BCUT2D eigenvalue weighted by Gasteiger charge is 2.16. The molecule has 0 saturated heterocycles. The van der Waals surface area contributed by atoms with Crippen molar-refractivity contribution in [3.05, 3.63) is 86.1 Å². The van der Waals surface area contributed by atoms with Gasteiger partial charge in [-0.2, -0.15) is 5.26 Å². The first kappa shape index (κ1) is 19.3. The van der Waals surface area contributed by atoms with Crippen molar-refractivity contribution >= 4 is 23.0 Å². The van der Waals surface area contributed by atoms with Crippen LogP contribution in [0.15, 0.2) is 59.0 Å². The SMILES string of the molecule is COc1cc([N+](=O)[O-])ccc1-c1ccc(C=C(C#N)c2cccc([N+](=O)[O-])c2)o1. The van der Waals surface area contributed by atoms with Gasteiger partial charge >= 0.3 is 0 Å². The fourth-order valence-electron chi connectivity index (χ4n) is 2.68. The van der Waals surface area contributed by atoms with E-state index in [0.717, 1.165) is 0 Å². The van der Waals surface area contributed by atoms with E-state index in [1.54, 1.807) is 18.2 Å². The lowest BCUT2D eigenvalue weighted by Gasteiger charge is -2.05. The molecule has 0 aliphatic heterocycles. The normalized spacial score (nSPS) is 11.0. The summed E-state index contributed by atoms with van der Waals surface area (Å²) in [6, 6.07) is 15.1. The predicted molar refractivity (Wildman–Crippen MR) is 104 cm³/mol. The molecule has 0 spiro atoms. The fourth-order valence-corrected chi connectivity index (χ4v) is 2.68. The van der Waals surface area contributed by atoms with Crippen LogP contribution in [-0.4, -0.2) is 17.0 Å². The Balaban J connectivity index is 1.97. The molecule has 0 aliphatic carbocycles. The smallest absolute Gasteiger partial charge is 0.273 e. The molecule has 3 aromatic rings. The maximum absolute atomic E-state index is 10.9. The third kappa shape index (κ3) is 4.12. The molecule has 29 heavy (non-hydrogen) atoms. The summed E-state index contributed by atoms with van der Waals surface area (Å²) in [5.41, 5.74) is 0.832. The summed E-state index contributed by atoms with van der Waals surface area (Å²) in [6.45, 7) is 0. The largest absolute Gasteiger partial charge is 0.496 e. The molecule has 1 heterocycles. The van der Waals surface area contributed by atoms with E-state index >= 15 is 0 Å². The van der Waals surface area contributed by atoms with Gasteiger partial charge in [-0.15, -0.1) is 0 Å². The second-order valence-electron chi connectivity index (χ2n) is 5.82. The minimum atomic E-state index is -0.537. The summed E-state index contributed by atoms with van der Waals surface area (Å²) in [7, 11) is 1.39. The molecular formula is C20H13N3O6. The summed E-state index contributed by atoms with van der Waals surface area (Å²) in [6.07, 6.45) is 1.46. The summed E-state index contributed by atoms with van der Waals surface area (Å²) >= 11 is 0. The number of allylic oxidation sites excluding steroid dienone is 1. The van der Waals surface area contributed by atoms with Crippen LogP contribution in [0.5, 0.6) is 5.75 Å². The number of nitrogens with zero attached hydrogens (tertiary/aromatic N) is 3. The topological polar surface area (TPSA) is 132 Å². The molecule has 0 N–H and O–H groups in total. The lowest BCUT2D eigenvalue weighted by Crippen LogP contribution is -1.92. The van der Waals surface area contributed by atoms with Gasteiger partial charge in [-0.3, -0.25) is 20.2 Å². The van der Waals surface area contributed by atoms with Crippen molar-refractivity contribution in [2.24, 2.45) is 0 Å². The molecule has 9 heteroatoms. The Bertz CT molecular complexity index is 1170. The highest BCUT2D eigenvalue weighted by Crippen LogP contribution is 2.35. The van der Waals surface area contributed by atoms with Gasteiger partial charge in [0.2, 0.25) is 0 Å². The third-order valence-corrected chi connectivity index (χ3v) is 4.06. The number of methoxy groups -OCH3 is 1. The van der Waals surface area contributed by atoms with Gasteiger partial charge < -0.3 is 9.15 Å². The van der Waals surface area contributed by atoms with E-state index in [4.69, 9.17) is 9.15 Å². The molecule has 144 valence electrons. The lowest BCUT2D eigenvalue weighted by molar-refractivity contribution is -0.385. The van der Waals surface area contributed by atoms with Crippen molar-refractivity contribution in [2.45, 2.75) is 0 Å². The average Bonchev–Trinajstić information content (AvgIpc) is 3.19. The van der Waals surface area contributed by atoms with Gasteiger partial charge in [0.15, 0.2) is 0 Å². The number of ether oxygens (including phenoxy) is 1. The quantitative estimate of drug-likeness (QED) is 0.333. The first-order chi connectivity index (χ1) is 13.9. The Morgan fingerprint density at radius 2 is 1.79 bits per heavy atom. The Morgan fingerprint density at radius 3 is 2.45 bits per heavy atom. The van der Waals surface area contributed by atoms with E-state index in [-0.39, 0.29) is 22.7 Å². The number of rotatable bonds is 6. The van der Waals surface area contributed by atoms with Crippen LogP contribution in [0.2, 0.25) is 0 Å². The van der Waals surface area contributed by atoms with Crippen molar-refractivity contribution in [2.75, 3.05) is 7.11 Å². The van der Waals surface area contributed by atoms with Gasteiger partial charge in [0.05, 0.1) is 40.2 Å². The molecule has 3 rings (SSSR count). The third-order valence-electron chi connectivity index (χ3n) is 4.06. The van der Waals surface area contributed by atoms with Gasteiger partial charge in [-0.1, -0.05) is 12.1 Å². The number of benzene rings is 2. The van der Waals surface area contributed by atoms with Crippen LogP contribution in [0.4, 0.5) is 11.4 Å². The molecule has 1 aromatic heterocycles. The van der Waals surface area contributed by atoms with Crippen molar-refractivity contribution in [1.82, 2.24) is 0 Å². The highest BCUT2D eigenvalue weighted by atomic mass is 16.6. The second kappa shape index (κ2) is 8.06. The van der Waals surface area contributed by atoms with Crippen LogP contribution in [0.25, 0.3) is 23.0 Å². The molecule has 0 bridgehead atoms. The zero-order valence-corrected chi connectivity index (χ0v) is 15.1. The van der Waals surface area contributed by atoms with E-state index in [2.05, 4.69) is 0 Å².